The molecule has 0 atom stereocenters. The highest BCUT2D eigenvalue weighted by molar-refractivity contribution is 6.30. The number of hydrogen-bond acceptors (Lipinski definition) is 5. The van der Waals surface area contributed by atoms with Crippen molar-refractivity contribution in [2.45, 2.75) is 32.1 Å². The van der Waals surface area contributed by atoms with Gasteiger partial charge in [0.15, 0.2) is 0 Å². The van der Waals surface area contributed by atoms with E-state index in [-0.39, 0.29) is 5.91 Å². The molecule has 0 spiro atoms. The quantitative estimate of drug-likeness (QED) is 0.738. The van der Waals surface area contributed by atoms with Crippen molar-refractivity contribution in [2.24, 2.45) is 0 Å². The van der Waals surface area contributed by atoms with E-state index in [1.807, 2.05) is 0 Å². The van der Waals surface area contributed by atoms with E-state index in [9.17, 15) is 4.79 Å². The average Bonchev–Trinajstić information content (AvgIpc) is 3.09. The smallest absolute Gasteiger partial charge is 0.246 e. The molecular formula is C17H22ClN5O2. The van der Waals surface area contributed by atoms with Gasteiger partial charge >= 0.3 is 0 Å². The van der Waals surface area contributed by atoms with E-state index in [4.69, 9.17) is 16.3 Å². The molecule has 25 heavy (non-hydrogen) atoms. The van der Waals surface area contributed by atoms with Crippen molar-refractivity contribution in [3.05, 3.63) is 29.3 Å². The lowest BCUT2D eigenvalue weighted by Gasteiger charge is -2.24. The number of carbonyl (C=O) groups is 1. The van der Waals surface area contributed by atoms with Crippen LogP contribution in [-0.4, -0.2) is 40.8 Å². The van der Waals surface area contributed by atoms with Gasteiger partial charge in [0.2, 0.25) is 17.8 Å². The second kappa shape index (κ2) is 8.71. The zero-order chi connectivity index (χ0) is 17.5. The maximum atomic E-state index is 12.0. The molecule has 0 aliphatic carbocycles. The minimum Gasteiger partial charge on any atom is -0.494 e. The van der Waals surface area contributed by atoms with Crippen LogP contribution < -0.4 is 15.0 Å². The largest absolute Gasteiger partial charge is 0.494 e. The molecule has 2 aromatic rings. The maximum absolute atomic E-state index is 12.0. The summed E-state index contributed by atoms with van der Waals surface area (Å²) >= 11 is 5.82. The molecule has 1 amide bonds. The van der Waals surface area contributed by atoms with Gasteiger partial charge in [-0.05, 0) is 49.9 Å². The first kappa shape index (κ1) is 17.5. The summed E-state index contributed by atoms with van der Waals surface area (Å²) in [7, 11) is 0. The highest BCUT2D eigenvalue weighted by atomic mass is 35.5. The summed E-state index contributed by atoms with van der Waals surface area (Å²) in [5, 5.41) is 10.4. The number of benzene rings is 1. The van der Waals surface area contributed by atoms with Gasteiger partial charge in [-0.1, -0.05) is 11.6 Å². The first-order valence-electron chi connectivity index (χ1n) is 8.56. The Kier molecular flexibility index (Phi) is 6.11. The number of anilines is 2. The molecule has 3 rings (SSSR count). The molecule has 1 fully saturated rings. The molecule has 1 aromatic heterocycles. The molecule has 7 nitrogen and oxygen atoms in total. The zero-order valence-electron chi connectivity index (χ0n) is 14.0. The van der Waals surface area contributed by atoms with Crippen molar-refractivity contribution in [2.75, 3.05) is 29.9 Å². The molecule has 1 aliphatic heterocycles. The van der Waals surface area contributed by atoms with Crippen LogP contribution in [0.4, 0.5) is 11.9 Å². The standard InChI is InChI=1S/C17H22ClN5O2/c18-13-6-8-14(9-7-13)25-12-4-5-15(24)19-16-20-17(22-21-16)23-10-2-1-3-11-23/h6-9H,1-5,10-12H2,(H2,19,20,21,22,24). The average molecular weight is 364 g/mol. The monoisotopic (exact) mass is 363 g/mol. The Morgan fingerprint density at radius 3 is 2.76 bits per heavy atom. The highest BCUT2D eigenvalue weighted by Gasteiger charge is 2.16. The van der Waals surface area contributed by atoms with E-state index < -0.39 is 0 Å². The fraction of sp³-hybridized carbons (Fsp3) is 0.471. The number of carbonyl (C=O) groups excluding carboxylic acids is 1. The summed E-state index contributed by atoms with van der Waals surface area (Å²) in [4.78, 5) is 18.4. The fourth-order valence-corrected chi connectivity index (χ4v) is 2.82. The summed E-state index contributed by atoms with van der Waals surface area (Å²) in [6, 6.07) is 7.15. The van der Waals surface area contributed by atoms with Gasteiger partial charge < -0.3 is 9.64 Å². The zero-order valence-corrected chi connectivity index (χ0v) is 14.8. The Morgan fingerprint density at radius 1 is 1.24 bits per heavy atom. The number of hydrogen-bond donors (Lipinski definition) is 2. The molecule has 2 N–H and O–H groups in total. The SMILES string of the molecule is O=C(CCCOc1ccc(Cl)cc1)Nc1nc(N2CCCCC2)n[nH]1. The lowest BCUT2D eigenvalue weighted by molar-refractivity contribution is -0.116. The molecule has 2 heterocycles. The van der Waals surface area contributed by atoms with Gasteiger partial charge in [-0.25, -0.2) is 5.10 Å². The summed E-state index contributed by atoms with van der Waals surface area (Å²) < 4.78 is 5.56. The summed E-state index contributed by atoms with van der Waals surface area (Å²) in [5.74, 6) is 1.68. The molecule has 0 radical (unpaired) electrons. The highest BCUT2D eigenvalue weighted by Crippen LogP contribution is 2.17. The van der Waals surface area contributed by atoms with Crippen LogP contribution in [0.15, 0.2) is 24.3 Å². The van der Waals surface area contributed by atoms with Crippen molar-refractivity contribution in [3.63, 3.8) is 0 Å². The molecule has 0 bridgehead atoms. The van der Waals surface area contributed by atoms with Gasteiger partial charge in [0.05, 0.1) is 6.61 Å². The van der Waals surface area contributed by atoms with Gasteiger partial charge in [-0.2, -0.15) is 4.98 Å². The van der Waals surface area contributed by atoms with E-state index in [1.54, 1.807) is 24.3 Å². The third kappa shape index (κ3) is 5.35. The lowest BCUT2D eigenvalue weighted by Crippen LogP contribution is -2.30. The van der Waals surface area contributed by atoms with Crippen molar-refractivity contribution in [1.82, 2.24) is 15.2 Å². The van der Waals surface area contributed by atoms with Gasteiger partial charge in [-0.3, -0.25) is 10.1 Å². The predicted octanol–water partition coefficient (Wildman–Crippen LogP) is 3.25. The Labute approximate surface area is 151 Å². The topological polar surface area (TPSA) is 83.1 Å². The summed E-state index contributed by atoms with van der Waals surface area (Å²) in [6.45, 7) is 2.39. The molecule has 1 aliphatic rings. The number of nitrogens with zero attached hydrogens (tertiary/aromatic N) is 3. The van der Waals surface area contributed by atoms with Crippen LogP contribution >= 0.6 is 11.6 Å². The second-order valence-electron chi connectivity index (χ2n) is 5.99. The van der Waals surface area contributed by atoms with Crippen molar-refractivity contribution >= 4 is 29.4 Å². The number of H-pyrrole nitrogens is 1. The molecule has 0 saturated carbocycles. The maximum Gasteiger partial charge on any atom is 0.246 e. The molecule has 1 saturated heterocycles. The molecule has 8 heteroatoms. The minimum absolute atomic E-state index is 0.110. The van der Waals surface area contributed by atoms with Gasteiger partial charge in [0.1, 0.15) is 5.75 Å². The Balaban J connectivity index is 1.37. The van der Waals surface area contributed by atoms with E-state index >= 15 is 0 Å². The predicted molar refractivity (Wildman–Crippen MR) is 97.3 cm³/mol. The van der Waals surface area contributed by atoms with Crippen LogP contribution in [0, 0.1) is 0 Å². The third-order valence-electron chi connectivity index (χ3n) is 4.00. The van der Waals surface area contributed by atoms with Gasteiger partial charge in [-0.15, -0.1) is 5.10 Å². The molecule has 134 valence electrons. The van der Waals surface area contributed by atoms with E-state index in [0.717, 1.165) is 31.7 Å². The lowest BCUT2D eigenvalue weighted by atomic mass is 10.1. The Bertz CT molecular complexity index is 683. The van der Waals surface area contributed by atoms with Crippen LogP contribution in [-0.2, 0) is 4.79 Å². The summed E-state index contributed by atoms with van der Waals surface area (Å²) in [5.41, 5.74) is 0. The second-order valence-corrected chi connectivity index (χ2v) is 6.42. The minimum atomic E-state index is -0.110. The van der Waals surface area contributed by atoms with E-state index in [0.29, 0.717) is 36.4 Å². The van der Waals surface area contributed by atoms with Crippen LogP contribution in [0.1, 0.15) is 32.1 Å². The Morgan fingerprint density at radius 2 is 2.00 bits per heavy atom. The fourth-order valence-electron chi connectivity index (χ4n) is 2.69. The number of piperidine rings is 1. The number of rotatable bonds is 7. The molecule has 1 aromatic carbocycles. The molecular weight excluding hydrogens is 342 g/mol. The van der Waals surface area contributed by atoms with Crippen LogP contribution in [0.3, 0.4) is 0 Å². The van der Waals surface area contributed by atoms with Crippen molar-refractivity contribution in [1.29, 1.82) is 0 Å². The van der Waals surface area contributed by atoms with Crippen LogP contribution in [0.2, 0.25) is 5.02 Å². The first-order chi connectivity index (χ1) is 12.2. The van der Waals surface area contributed by atoms with E-state index in [1.165, 1.54) is 6.42 Å². The number of nitrogens with one attached hydrogen (secondary N) is 2. The number of aromatic nitrogens is 3. The van der Waals surface area contributed by atoms with E-state index in [2.05, 4.69) is 25.4 Å². The Hall–Kier alpha value is -2.28. The van der Waals surface area contributed by atoms with Crippen LogP contribution in [0.25, 0.3) is 0 Å². The van der Waals surface area contributed by atoms with Gasteiger partial charge in [0, 0.05) is 24.5 Å². The normalized spacial score (nSPS) is 14.4. The van der Waals surface area contributed by atoms with Crippen molar-refractivity contribution < 1.29 is 9.53 Å². The number of halogens is 1. The summed E-state index contributed by atoms with van der Waals surface area (Å²) in [6.07, 6.45) is 4.53. The number of aromatic amines is 1. The number of amides is 1. The van der Waals surface area contributed by atoms with Crippen LogP contribution in [0.5, 0.6) is 5.75 Å². The van der Waals surface area contributed by atoms with Crippen molar-refractivity contribution in [3.8, 4) is 5.75 Å². The van der Waals surface area contributed by atoms with Gasteiger partial charge in [0.25, 0.3) is 0 Å². The first-order valence-corrected chi connectivity index (χ1v) is 8.94. The molecule has 0 unspecified atom stereocenters. The third-order valence-corrected chi connectivity index (χ3v) is 4.25. The number of ether oxygens (including phenoxy) is 1.